The SMILES string of the molecule is N#CCN(CC#N)C(=O)c1csc(Br)c1. The summed E-state index contributed by atoms with van der Waals surface area (Å²) in [6.45, 7) is -0.139. The summed E-state index contributed by atoms with van der Waals surface area (Å²) in [5.74, 6) is -0.292. The van der Waals surface area contributed by atoms with E-state index in [0.717, 1.165) is 3.79 Å². The molecule has 0 unspecified atom stereocenters. The zero-order chi connectivity index (χ0) is 11.3. The van der Waals surface area contributed by atoms with E-state index in [9.17, 15) is 4.79 Å². The number of thiophene rings is 1. The predicted molar refractivity (Wildman–Crippen MR) is 59.1 cm³/mol. The van der Waals surface area contributed by atoms with Gasteiger partial charge >= 0.3 is 0 Å². The first kappa shape index (κ1) is 11.7. The van der Waals surface area contributed by atoms with E-state index < -0.39 is 0 Å². The van der Waals surface area contributed by atoms with Gasteiger partial charge in [0.1, 0.15) is 13.1 Å². The van der Waals surface area contributed by atoms with E-state index in [-0.39, 0.29) is 19.0 Å². The number of hydrogen-bond donors (Lipinski definition) is 0. The van der Waals surface area contributed by atoms with Gasteiger partial charge in [-0.3, -0.25) is 4.79 Å². The fourth-order valence-corrected chi connectivity index (χ4v) is 2.11. The molecule has 6 heteroatoms. The Morgan fingerprint density at radius 1 is 1.47 bits per heavy atom. The van der Waals surface area contributed by atoms with Crippen molar-refractivity contribution in [2.45, 2.75) is 0 Å². The van der Waals surface area contributed by atoms with Gasteiger partial charge < -0.3 is 4.90 Å². The summed E-state index contributed by atoms with van der Waals surface area (Å²) in [6, 6.07) is 5.39. The molecule has 15 heavy (non-hydrogen) atoms. The van der Waals surface area contributed by atoms with Crippen molar-refractivity contribution >= 4 is 33.2 Å². The van der Waals surface area contributed by atoms with Gasteiger partial charge in [-0.25, -0.2) is 0 Å². The Hall–Kier alpha value is -1.37. The lowest BCUT2D eigenvalue weighted by Gasteiger charge is -2.14. The van der Waals surface area contributed by atoms with Crippen LogP contribution in [0.3, 0.4) is 0 Å². The molecule has 4 nitrogen and oxygen atoms in total. The van der Waals surface area contributed by atoms with E-state index >= 15 is 0 Å². The Balaban J connectivity index is 2.82. The van der Waals surface area contributed by atoms with Gasteiger partial charge in [0.2, 0.25) is 0 Å². The highest BCUT2D eigenvalue weighted by molar-refractivity contribution is 9.11. The molecule has 0 atom stereocenters. The lowest BCUT2D eigenvalue weighted by atomic mass is 10.3. The van der Waals surface area contributed by atoms with Crippen LogP contribution in [0.2, 0.25) is 0 Å². The van der Waals surface area contributed by atoms with Crippen molar-refractivity contribution in [2.75, 3.05) is 13.1 Å². The third-order valence-corrected chi connectivity index (χ3v) is 3.13. The van der Waals surface area contributed by atoms with Crippen molar-refractivity contribution < 1.29 is 4.79 Å². The number of nitrogens with zero attached hydrogens (tertiary/aromatic N) is 3. The molecule has 0 radical (unpaired) electrons. The molecule has 0 aliphatic carbocycles. The van der Waals surface area contributed by atoms with E-state index in [1.165, 1.54) is 16.2 Å². The van der Waals surface area contributed by atoms with Crippen molar-refractivity contribution in [2.24, 2.45) is 0 Å². The van der Waals surface area contributed by atoms with Crippen LogP contribution in [0.4, 0.5) is 0 Å². The number of nitriles is 2. The van der Waals surface area contributed by atoms with Gasteiger partial charge in [0, 0.05) is 5.38 Å². The van der Waals surface area contributed by atoms with Crippen molar-refractivity contribution in [1.82, 2.24) is 4.90 Å². The number of rotatable bonds is 3. The molecular formula is C9H6BrN3OS. The molecule has 0 spiro atoms. The minimum atomic E-state index is -0.292. The van der Waals surface area contributed by atoms with E-state index in [0.29, 0.717) is 5.56 Å². The molecule has 1 aromatic heterocycles. The third-order valence-electron chi connectivity index (χ3n) is 1.62. The average molecular weight is 284 g/mol. The van der Waals surface area contributed by atoms with Crippen molar-refractivity contribution in [3.8, 4) is 12.1 Å². The minimum Gasteiger partial charge on any atom is -0.312 e. The normalized spacial score (nSPS) is 9.00. The number of carbonyl (C=O) groups excluding carboxylic acids is 1. The summed E-state index contributed by atoms with van der Waals surface area (Å²) in [4.78, 5) is 13.0. The lowest BCUT2D eigenvalue weighted by Crippen LogP contribution is -2.31. The molecule has 0 aliphatic heterocycles. The van der Waals surface area contributed by atoms with Crippen LogP contribution in [-0.2, 0) is 0 Å². The molecule has 0 saturated carbocycles. The van der Waals surface area contributed by atoms with Crippen LogP contribution < -0.4 is 0 Å². The van der Waals surface area contributed by atoms with Gasteiger partial charge in [0.05, 0.1) is 21.5 Å². The maximum Gasteiger partial charge on any atom is 0.256 e. The largest absolute Gasteiger partial charge is 0.312 e. The highest BCUT2D eigenvalue weighted by Crippen LogP contribution is 2.21. The topological polar surface area (TPSA) is 67.9 Å². The summed E-state index contributed by atoms with van der Waals surface area (Å²) in [5.41, 5.74) is 0.498. The van der Waals surface area contributed by atoms with Gasteiger partial charge in [-0.1, -0.05) is 0 Å². The maximum absolute atomic E-state index is 11.7. The summed E-state index contributed by atoms with van der Waals surface area (Å²) < 4.78 is 0.847. The Labute approximate surface area is 99.5 Å². The van der Waals surface area contributed by atoms with E-state index in [1.54, 1.807) is 11.4 Å². The fraction of sp³-hybridized carbons (Fsp3) is 0.222. The number of halogens is 1. The maximum atomic E-state index is 11.7. The van der Waals surface area contributed by atoms with Gasteiger partial charge in [0.25, 0.3) is 5.91 Å². The standard InChI is InChI=1S/C9H6BrN3OS/c10-8-5-7(6-15-8)9(14)13(3-1-11)4-2-12/h5-6H,3-4H2. The monoisotopic (exact) mass is 283 g/mol. The zero-order valence-electron chi connectivity index (χ0n) is 7.61. The van der Waals surface area contributed by atoms with Crippen molar-refractivity contribution in [1.29, 1.82) is 10.5 Å². The van der Waals surface area contributed by atoms with E-state index in [1.807, 2.05) is 12.1 Å². The first-order chi connectivity index (χ1) is 7.19. The average Bonchev–Trinajstić information content (AvgIpc) is 2.63. The zero-order valence-corrected chi connectivity index (χ0v) is 10.0. The first-order valence-electron chi connectivity index (χ1n) is 3.96. The highest BCUT2D eigenvalue weighted by Gasteiger charge is 2.16. The van der Waals surface area contributed by atoms with Crippen LogP contribution in [0.5, 0.6) is 0 Å². The molecule has 76 valence electrons. The molecule has 1 amide bonds. The first-order valence-corrected chi connectivity index (χ1v) is 5.63. The summed E-state index contributed by atoms with van der Waals surface area (Å²) in [7, 11) is 0. The summed E-state index contributed by atoms with van der Waals surface area (Å²) >= 11 is 4.63. The highest BCUT2D eigenvalue weighted by atomic mass is 79.9. The Bertz CT molecular complexity index is 427. The van der Waals surface area contributed by atoms with Crippen LogP contribution in [0.25, 0.3) is 0 Å². The van der Waals surface area contributed by atoms with Gasteiger partial charge in [-0.2, -0.15) is 10.5 Å². The second-order valence-corrected chi connectivity index (χ2v) is 4.91. The molecule has 0 N–H and O–H groups in total. The van der Waals surface area contributed by atoms with Gasteiger partial charge in [-0.15, -0.1) is 11.3 Å². The fourth-order valence-electron chi connectivity index (χ4n) is 0.975. The molecular weight excluding hydrogens is 278 g/mol. The van der Waals surface area contributed by atoms with Crippen molar-refractivity contribution in [3.63, 3.8) is 0 Å². The Morgan fingerprint density at radius 2 is 2.07 bits per heavy atom. The number of amides is 1. The summed E-state index contributed by atoms with van der Waals surface area (Å²) in [5, 5.41) is 18.7. The molecule has 0 aliphatic rings. The molecule has 1 heterocycles. The molecule has 0 bridgehead atoms. The quantitative estimate of drug-likeness (QED) is 0.797. The minimum absolute atomic E-state index is 0.0696. The molecule has 0 aromatic carbocycles. The van der Waals surface area contributed by atoms with E-state index in [4.69, 9.17) is 10.5 Å². The molecule has 1 rings (SSSR count). The number of carbonyl (C=O) groups is 1. The predicted octanol–water partition coefficient (Wildman–Crippen LogP) is 2.00. The van der Waals surface area contributed by atoms with Crippen LogP contribution in [0.15, 0.2) is 15.2 Å². The molecule has 0 fully saturated rings. The smallest absolute Gasteiger partial charge is 0.256 e. The van der Waals surface area contributed by atoms with Crippen LogP contribution >= 0.6 is 27.3 Å². The molecule has 0 saturated heterocycles. The van der Waals surface area contributed by atoms with Crippen molar-refractivity contribution in [3.05, 3.63) is 20.8 Å². The van der Waals surface area contributed by atoms with Crippen LogP contribution in [-0.4, -0.2) is 23.9 Å². The lowest BCUT2D eigenvalue weighted by molar-refractivity contribution is 0.0795. The second-order valence-electron chi connectivity index (χ2n) is 2.62. The van der Waals surface area contributed by atoms with Crippen LogP contribution in [0, 0.1) is 22.7 Å². The van der Waals surface area contributed by atoms with Crippen LogP contribution in [0.1, 0.15) is 10.4 Å². The van der Waals surface area contributed by atoms with Gasteiger partial charge in [0.15, 0.2) is 0 Å². The third kappa shape index (κ3) is 3.05. The Kier molecular flexibility index (Phi) is 4.29. The second kappa shape index (κ2) is 5.50. The Morgan fingerprint density at radius 3 is 2.47 bits per heavy atom. The summed E-state index contributed by atoms with van der Waals surface area (Å²) in [6.07, 6.45) is 0. The van der Waals surface area contributed by atoms with E-state index in [2.05, 4.69) is 15.9 Å². The van der Waals surface area contributed by atoms with Gasteiger partial charge in [-0.05, 0) is 22.0 Å². The number of hydrogen-bond acceptors (Lipinski definition) is 4. The molecule has 1 aromatic rings.